The smallest absolute Gasteiger partial charge is 0.165 e. The Morgan fingerprint density at radius 1 is 1.38 bits per heavy atom. The van der Waals surface area contributed by atoms with Crippen molar-refractivity contribution in [3.8, 4) is 11.4 Å². The molecule has 0 bridgehead atoms. The average Bonchev–Trinajstić information content (AvgIpc) is 2.64. The summed E-state index contributed by atoms with van der Waals surface area (Å²) in [5, 5.41) is 9.53. The van der Waals surface area contributed by atoms with Crippen LogP contribution in [0.3, 0.4) is 0 Å². The van der Waals surface area contributed by atoms with Crippen LogP contribution in [0.1, 0.15) is 5.82 Å². The summed E-state index contributed by atoms with van der Waals surface area (Å²) in [7, 11) is 1.92. The van der Waals surface area contributed by atoms with E-state index in [9.17, 15) is 0 Å². The Bertz CT molecular complexity index is 525. The van der Waals surface area contributed by atoms with E-state index in [4.69, 9.17) is 11.6 Å². The molecule has 0 aliphatic rings. The van der Waals surface area contributed by atoms with Gasteiger partial charge in [-0.05, 0) is 28.1 Å². The first-order valence-corrected chi connectivity index (χ1v) is 6.83. The first kappa shape index (κ1) is 12.1. The number of hydrogen-bond donors (Lipinski definition) is 0. The van der Waals surface area contributed by atoms with Gasteiger partial charge >= 0.3 is 0 Å². The van der Waals surface area contributed by atoms with Gasteiger partial charge in [0, 0.05) is 17.1 Å². The molecule has 16 heavy (non-hydrogen) atoms. The van der Waals surface area contributed by atoms with Crippen LogP contribution in [0.25, 0.3) is 11.4 Å². The summed E-state index contributed by atoms with van der Waals surface area (Å²) in [6.45, 7) is 0. The summed E-state index contributed by atoms with van der Waals surface area (Å²) >= 11 is 13.0. The van der Waals surface area contributed by atoms with Crippen molar-refractivity contribution in [3.63, 3.8) is 0 Å². The summed E-state index contributed by atoms with van der Waals surface area (Å²) in [5.41, 5.74) is 0.873. The van der Waals surface area contributed by atoms with Gasteiger partial charge in [0.05, 0.1) is 10.4 Å². The molecule has 1 heterocycles. The Balaban J connectivity index is 2.59. The number of hydrogen-bond acceptors (Lipinski definition) is 2. The third-order valence-electron chi connectivity index (χ3n) is 2.28. The first-order valence-electron chi connectivity index (χ1n) is 4.53. The molecule has 2 aromatic rings. The van der Waals surface area contributed by atoms with Gasteiger partial charge in [0.25, 0.3) is 0 Å². The minimum atomic E-state index is 0.652. The van der Waals surface area contributed by atoms with Crippen molar-refractivity contribution in [3.05, 3.63) is 33.5 Å². The highest BCUT2D eigenvalue weighted by atomic mass is 79.9. The van der Waals surface area contributed by atoms with Crippen LogP contribution in [0, 0.1) is 0 Å². The topological polar surface area (TPSA) is 30.7 Å². The molecule has 1 aromatic heterocycles. The van der Waals surface area contributed by atoms with Gasteiger partial charge in [-0.3, -0.25) is 0 Å². The van der Waals surface area contributed by atoms with E-state index in [0.29, 0.717) is 10.4 Å². The molecule has 1 aromatic carbocycles. The average molecular weight is 365 g/mol. The molecular weight excluding hydrogens is 357 g/mol. The zero-order valence-electron chi connectivity index (χ0n) is 8.41. The van der Waals surface area contributed by atoms with E-state index in [-0.39, 0.29) is 0 Å². The van der Waals surface area contributed by atoms with Crippen molar-refractivity contribution < 1.29 is 0 Å². The van der Waals surface area contributed by atoms with Crippen LogP contribution < -0.4 is 0 Å². The van der Waals surface area contributed by atoms with Crippen LogP contribution in [-0.4, -0.2) is 14.8 Å². The largest absolute Gasteiger partial charge is 0.313 e. The number of halogens is 3. The summed E-state index contributed by atoms with van der Waals surface area (Å²) in [6, 6.07) is 5.75. The maximum atomic E-state index is 6.21. The maximum Gasteiger partial charge on any atom is 0.165 e. The molecule has 0 unspecified atom stereocenters. The molecule has 2 rings (SSSR count). The number of nitrogens with zero attached hydrogens (tertiary/aromatic N) is 3. The maximum absolute atomic E-state index is 6.21. The minimum absolute atomic E-state index is 0.652. The van der Waals surface area contributed by atoms with Crippen LogP contribution in [-0.2, 0) is 12.4 Å². The Labute approximate surface area is 115 Å². The summed E-state index contributed by atoms with van der Waals surface area (Å²) < 4.78 is 2.78. The number of alkyl halides is 1. The van der Waals surface area contributed by atoms with E-state index >= 15 is 0 Å². The molecule has 6 heteroatoms. The van der Waals surface area contributed by atoms with Gasteiger partial charge in [-0.1, -0.05) is 33.6 Å². The van der Waals surface area contributed by atoms with Crippen molar-refractivity contribution in [2.24, 2.45) is 7.05 Å². The zero-order valence-corrected chi connectivity index (χ0v) is 12.3. The minimum Gasteiger partial charge on any atom is -0.313 e. The van der Waals surface area contributed by atoms with Crippen LogP contribution >= 0.6 is 43.5 Å². The fourth-order valence-electron chi connectivity index (χ4n) is 1.39. The molecule has 0 atom stereocenters. The van der Waals surface area contributed by atoms with Crippen LogP contribution in [0.2, 0.25) is 5.02 Å². The number of rotatable bonds is 2. The summed E-state index contributed by atoms with van der Waals surface area (Å²) in [5.74, 6) is 1.63. The highest BCUT2D eigenvalue weighted by Crippen LogP contribution is 2.32. The molecule has 0 N–H and O–H groups in total. The lowest BCUT2D eigenvalue weighted by molar-refractivity contribution is 0.859. The zero-order chi connectivity index (χ0) is 11.7. The van der Waals surface area contributed by atoms with Crippen LogP contribution in [0.5, 0.6) is 0 Å². The molecule has 0 amide bonds. The van der Waals surface area contributed by atoms with E-state index in [1.54, 1.807) is 0 Å². The predicted molar refractivity (Wildman–Crippen MR) is 71.8 cm³/mol. The van der Waals surface area contributed by atoms with Gasteiger partial charge in [-0.25, -0.2) is 0 Å². The Hall–Kier alpha value is -0.390. The summed E-state index contributed by atoms with van der Waals surface area (Å²) in [4.78, 5) is 0. The second-order valence-electron chi connectivity index (χ2n) is 3.23. The van der Waals surface area contributed by atoms with Gasteiger partial charge in [-0.15, -0.1) is 10.2 Å². The van der Waals surface area contributed by atoms with Crippen molar-refractivity contribution in [1.29, 1.82) is 0 Å². The molecule has 84 valence electrons. The molecule has 3 nitrogen and oxygen atoms in total. The van der Waals surface area contributed by atoms with Crippen LogP contribution in [0.4, 0.5) is 0 Å². The molecule has 0 saturated heterocycles. The number of benzene rings is 1. The Morgan fingerprint density at radius 2 is 2.12 bits per heavy atom. The lowest BCUT2D eigenvalue weighted by Crippen LogP contribution is -1.97. The third-order valence-corrected chi connectivity index (χ3v) is 4.07. The van der Waals surface area contributed by atoms with Gasteiger partial charge in [0.1, 0.15) is 5.82 Å². The highest BCUT2D eigenvalue weighted by molar-refractivity contribution is 9.10. The normalized spacial score (nSPS) is 10.8. The molecule has 0 fully saturated rings. The molecule has 0 aliphatic carbocycles. The second kappa shape index (κ2) is 4.85. The Kier molecular flexibility index (Phi) is 3.66. The van der Waals surface area contributed by atoms with Crippen molar-refractivity contribution in [2.75, 3.05) is 0 Å². The van der Waals surface area contributed by atoms with Gasteiger partial charge in [-0.2, -0.15) is 0 Å². The van der Waals surface area contributed by atoms with Gasteiger partial charge < -0.3 is 4.57 Å². The second-order valence-corrected chi connectivity index (χ2v) is 5.03. The lowest BCUT2D eigenvalue weighted by atomic mass is 10.2. The molecule has 0 aliphatic heterocycles. The first-order chi connectivity index (χ1) is 7.65. The van der Waals surface area contributed by atoms with Gasteiger partial charge in [0.2, 0.25) is 0 Å². The monoisotopic (exact) mass is 363 g/mol. The predicted octanol–water partition coefficient (Wildman–Crippen LogP) is 3.79. The van der Waals surface area contributed by atoms with E-state index < -0.39 is 0 Å². The van der Waals surface area contributed by atoms with Crippen molar-refractivity contribution >= 4 is 43.5 Å². The molecule has 0 saturated carbocycles. The highest BCUT2D eigenvalue weighted by Gasteiger charge is 2.13. The Morgan fingerprint density at radius 3 is 2.75 bits per heavy atom. The van der Waals surface area contributed by atoms with E-state index in [1.807, 2.05) is 29.8 Å². The quantitative estimate of drug-likeness (QED) is 0.758. The fraction of sp³-hybridized carbons (Fsp3) is 0.200. The van der Waals surface area contributed by atoms with Crippen molar-refractivity contribution in [2.45, 2.75) is 5.33 Å². The van der Waals surface area contributed by atoms with E-state index in [2.05, 4.69) is 42.1 Å². The molecular formula is C10H8Br2ClN3. The fourth-order valence-corrected chi connectivity index (χ4v) is 2.45. The van der Waals surface area contributed by atoms with Crippen LogP contribution in [0.15, 0.2) is 22.7 Å². The molecule has 0 spiro atoms. The number of aromatic nitrogens is 3. The van der Waals surface area contributed by atoms with Gasteiger partial charge in [0.15, 0.2) is 5.82 Å². The standard InChI is InChI=1S/C10H8Br2ClN3/c1-16-8(5-11)14-15-10(16)6-3-2-4-7(12)9(6)13/h2-4H,5H2,1H3. The lowest BCUT2D eigenvalue weighted by Gasteiger charge is -2.05. The van der Waals surface area contributed by atoms with E-state index in [1.165, 1.54) is 0 Å². The van der Waals surface area contributed by atoms with E-state index in [0.717, 1.165) is 21.7 Å². The molecule has 0 radical (unpaired) electrons. The SMILES string of the molecule is Cn1c(CBr)nnc1-c1cccc(Br)c1Cl. The third kappa shape index (κ3) is 2.04. The van der Waals surface area contributed by atoms with Crippen molar-refractivity contribution in [1.82, 2.24) is 14.8 Å². The summed E-state index contributed by atoms with van der Waals surface area (Å²) in [6.07, 6.45) is 0.